The molecule has 0 bridgehead atoms. The summed E-state index contributed by atoms with van der Waals surface area (Å²) < 4.78 is 54.7. The molecular formula is C25H26FN5O4S. The Balaban J connectivity index is 1.51. The average Bonchev–Trinajstić information content (AvgIpc) is 3.08. The van der Waals surface area contributed by atoms with Gasteiger partial charge in [0, 0.05) is 17.4 Å². The Hall–Kier alpha value is -3.99. The Morgan fingerprint density at radius 2 is 1.72 bits per heavy atom. The van der Waals surface area contributed by atoms with Gasteiger partial charge in [0.15, 0.2) is 17.4 Å². The van der Waals surface area contributed by atoms with E-state index < -0.39 is 15.8 Å². The lowest BCUT2D eigenvalue weighted by molar-refractivity contribution is 0.321. The van der Waals surface area contributed by atoms with Gasteiger partial charge in [-0.1, -0.05) is 0 Å². The highest BCUT2D eigenvalue weighted by atomic mass is 32.2. The maximum atomic E-state index is 14.1. The number of aromatic nitrogens is 4. The molecule has 0 spiro atoms. The van der Waals surface area contributed by atoms with Crippen LogP contribution in [0.15, 0.2) is 53.4 Å². The minimum absolute atomic E-state index is 0.00551. The van der Waals surface area contributed by atoms with Crippen molar-refractivity contribution in [2.45, 2.75) is 39.5 Å². The number of ether oxygens (including phenoxy) is 2. The van der Waals surface area contributed by atoms with E-state index in [0.29, 0.717) is 23.3 Å². The van der Waals surface area contributed by atoms with Crippen molar-refractivity contribution in [1.29, 1.82) is 0 Å². The van der Waals surface area contributed by atoms with Crippen LogP contribution in [0.4, 0.5) is 10.1 Å². The summed E-state index contributed by atoms with van der Waals surface area (Å²) in [4.78, 5) is 8.58. The summed E-state index contributed by atoms with van der Waals surface area (Å²) in [6.45, 7) is 9.65. The summed E-state index contributed by atoms with van der Waals surface area (Å²) >= 11 is 0. The largest absolute Gasteiger partial charge is 0.491 e. The summed E-state index contributed by atoms with van der Waals surface area (Å²) in [5.41, 5.74) is 3.26. The van der Waals surface area contributed by atoms with Gasteiger partial charge in [0.25, 0.3) is 10.0 Å². The van der Waals surface area contributed by atoms with Gasteiger partial charge >= 0.3 is 0 Å². The van der Waals surface area contributed by atoms with Crippen molar-refractivity contribution in [3.05, 3.63) is 77.1 Å². The predicted molar refractivity (Wildman–Crippen MR) is 133 cm³/mol. The highest BCUT2D eigenvalue weighted by Crippen LogP contribution is 2.26. The van der Waals surface area contributed by atoms with Crippen molar-refractivity contribution in [2.24, 2.45) is 0 Å². The van der Waals surface area contributed by atoms with Gasteiger partial charge in [-0.05, 0) is 82.6 Å². The summed E-state index contributed by atoms with van der Waals surface area (Å²) in [6, 6.07) is 11.5. The van der Waals surface area contributed by atoms with Gasteiger partial charge in [-0.25, -0.2) is 22.5 Å². The van der Waals surface area contributed by atoms with Gasteiger partial charge in [0.2, 0.25) is 5.88 Å². The standard InChI is InChI=1S/C25H26FN5O4S/c1-6-34-23-12-11-21(13-22(23)26)36(32,33)30-19-7-9-20(10-8-19)35-25-14-24(27-18(5)28-25)31-17(4)15(2)16(3)29-31/h7-14,30H,6H2,1-5H3. The van der Waals surface area contributed by atoms with Crippen molar-refractivity contribution in [3.63, 3.8) is 0 Å². The van der Waals surface area contributed by atoms with Crippen molar-refractivity contribution >= 4 is 15.7 Å². The second kappa shape index (κ2) is 9.94. The molecule has 2 heterocycles. The molecule has 36 heavy (non-hydrogen) atoms. The SMILES string of the molecule is CCOc1ccc(S(=O)(=O)Nc2ccc(Oc3cc(-n4nc(C)c(C)c4C)nc(C)n3)cc2)cc1F. The highest BCUT2D eigenvalue weighted by molar-refractivity contribution is 7.92. The first-order chi connectivity index (χ1) is 17.1. The van der Waals surface area contributed by atoms with E-state index in [0.717, 1.165) is 23.0 Å². The zero-order valence-corrected chi connectivity index (χ0v) is 21.4. The first-order valence-corrected chi connectivity index (χ1v) is 12.7. The van der Waals surface area contributed by atoms with E-state index in [2.05, 4.69) is 19.8 Å². The molecule has 0 fully saturated rings. The Morgan fingerprint density at radius 1 is 1.00 bits per heavy atom. The van der Waals surface area contributed by atoms with Gasteiger partial charge < -0.3 is 9.47 Å². The smallest absolute Gasteiger partial charge is 0.262 e. The topological polar surface area (TPSA) is 108 Å². The fourth-order valence-corrected chi connectivity index (χ4v) is 4.55. The van der Waals surface area contributed by atoms with Crippen LogP contribution in [0.2, 0.25) is 0 Å². The molecular weight excluding hydrogens is 485 g/mol. The van der Waals surface area contributed by atoms with Gasteiger partial charge in [-0.2, -0.15) is 10.1 Å². The average molecular weight is 512 g/mol. The number of hydrogen-bond acceptors (Lipinski definition) is 7. The van der Waals surface area contributed by atoms with Gasteiger partial charge in [-0.3, -0.25) is 4.72 Å². The van der Waals surface area contributed by atoms with Gasteiger partial charge in [0.1, 0.15) is 11.6 Å². The predicted octanol–water partition coefficient (Wildman–Crippen LogP) is 5.03. The molecule has 0 unspecified atom stereocenters. The van der Waals surface area contributed by atoms with Crippen LogP contribution >= 0.6 is 0 Å². The summed E-state index contributed by atoms with van der Waals surface area (Å²) in [7, 11) is -4.00. The van der Waals surface area contributed by atoms with Gasteiger partial charge in [-0.15, -0.1) is 0 Å². The third-order valence-corrected chi connectivity index (χ3v) is 6.89. The fourth-order valence-electron chi connectivity index (χ4n) is 3.48. The monoisotopic (exact) mass is 511 g/mol. The van der Waals surface area contributed by atoms with Crippen LogP contribution in [0.1, 0.15) is 29.7 Å². The molecule has 0 aliphatic rings. The van der Waals surface area contributed by atoms with E-state index in [4.69, 9.17) is 9.47 Å². The maximum absolute atomic E-state index is 14.1. The summed E-state index contributed by atoms with van der Waals surface area (Å²) in [6.07, 6.45) is 0. The molecule has 0 aliphatic heterocycles. The van der Waals surface area contributed by atoms with Crippen LogP contribution in [0.5, 0.6) is 17.4 Å². The third-order valence-electron chi connectivity index (χ3n) is 5.51. The van der Waals surface area contributed by atoms with Crippen LogP contribution in [0, 0.1) is 33.5 Å². The molecule has 0 saturated heterocycles. The Bertz CT molecular complexity index is 1520. The maximum Gasteiger partial charge on any atom is 0.262 e. The van der Waals surface area contributed by atoms with Crippen LogP contribution in [-0.4, -0.2) is 34.8 Å². The Kier molecular flexibility index (Phi) is 6.93. The normalized spacial score (nSPS) is 11.4. The number of halogens is 1. The molecule has 0 aliphatic carbocycles. The lowest BCUT2D eigenvalue weighted by Gasteiger charge is -2.11. The summed E-state index contributed by atoms with van der Waals surface area (Å²) in [5, 5.41) is 4.53. The summed E-state index contributed by atoms with van der Waals surface area (Å²) in [5.74, 6) is 1.10. The van der Waals surface area contributed by atoms with Crippen molar-refractivity contribution in [3.8, 4) is 23.2 Å². The minimum atomic E-state index is -4.00. The molecule has 11 heteroatoms. The molecule has 2 aromatic carbocycles. The van der Waals surface area contributed by atoms with Crippen molar-refractivity contribution in [1.82, 2.24) is 19.7 Å². The third kappa shape index (κ3) is 5.30. The number of hydrogen-bond donors (Lipinski definition) is 1. The number of nitrogens with one attached hydrogen (secondary N) is 1. The minimum Gasteiger partial charge on any atom is -0.491 e. The number of benzene rings is 2. The molecule has 9 nitrogen and oxygen atoms in total. The molecule has 188 valence electrons. The molecule has 0 atom stereocenters. The molecule has 2 aromatic heterocycles. The molecule has 4 aromatic rings. The zero-order valence-electron chi connectivity index (χ0n) is 20.5. The quantitative estimate of drug-likeness (QED) is 0.354. The number of nitrogens with zero attached hydrogens (tertiary/aromatic N) is 4. The number of rotatable bonds is 8. The lowest BCUT2D eigenvalue weighted by Crippen LogP contribution is -2.13. The van der Waals surface area contributed by atoms with E-state index in [1.807, 2.05) is 20.8 Å². The Morgan fingerprint density at radius 3 is 2.33 bits per heavy atom. The molecule has 4 rings (SSSR count). The van der Waals surface area contributed by atoms with Gasteiger partial charge in [0.05, 0.1) is 17.2 Å². The van der Waals surface area contributed by atoms with Crippen molar-refractivity contribution < 1.29 is 22.3 Å². The molecule has 0 radical (unpaired) electrons. The van der Waals surface area contributed by atoms with E-state index in [1.165, 1.54) is 24.3 Å². The number of aryl methyl sites for hydroxylation is 2. The zero-order chi connectivity index (χ0) is 26.0. The lowest BCUT2D eigenvalue weighted by atomic mass is 10.2. The first-order valence-electron chi connectivity index (χ1n) is 11.2. The van der Waals surface area contributed by atoms with E-state index >= 15 is 0 Å². The molecule has 0 amide bonds. The van der Waals surface area contributed by atoms with Crippen LogP contribution in [-0.2, 0) is 10.0 Å². The van der Waals surface area contributed by atoms with E-state index in [1.54, 1.807) is 36.7 Å². The second-order valence-electron chi connectivity index (χ2n) is 8.08. The van der Waals surface area contributed by atoms with Crippen molar-refractivity contribution in [2.75, 3.05) is 11.3 Å². The number of anilines is 1. The van der Waals surface area contributed by atoms with E-state index in [-0.39, 0.29) is 22.9 Å². The first kappa shape index (κ1) is 25.1. The Labute approximate surface area is 209 Å². The van der Waals surface area contributed by atoms with E-state index in [9.17, 15) is 12.8 Å². The van der Waals surface area contributed by atoms with Crippen LogP contribution in [0.3, 0.4) is 0 Å². The van der Waals surface area contributed by atoms with Crippen LogP contribution < -0.4 is 14.2 Å². The molecule has 0 saturated carbocycles. The second-order valence-corrected chi connectivity index (χ2v) is 9.76. The van der Waals surface area contributed by atoms with Crippen LogP contribution in [0.25, 0.3) is 5.82 Å². The highest BCUT2D eigenvalue weighted by Gasteiger charge is 2.18. The molecule has 1 N–H and O–H groups in total. The fraction of sp³-hybridized carbons (Fsp3) is 0.240. The number of sulfonamides is 1.